The predicted octanol–water partition coefficient (Wildman–Crippen LogP) is 6.12. The maximum atomic E-state index is 12.9. The molecule has 1 unspecified atom stereocenters. The largest absolute Gasteiger partial charge is 0.326 e. The van der Waals surface area contributed by atoms with Gasteiger partial charge >= 0.3 is 0 Å². The summed E-state index contributed by atoms with van der Waals surface area (Å²) in [5.41, 5.74) is 4.30. The van der Waals surface area contributed by atoms with E-state index >= 15 is 0 Å². The zero-order valence-electron chi connectivity index (χ0n) is 17.6. The average Bonchev–Trinajstić information content (AvgIpc) is 3.48. The molecule has 0 spiro atoms. The quantitative estimate of drug-likeness (QED) is 0.379. The molecule has 1 saturated heterocycles. The van der Waals surface area contributed by atoms with Crippen LogP contribution in [0.5, 0.6) is 0 Å². The highest BCUT2D eigenvalue weighted by Gasteiger charge is 2.35. The second kappa shape index (κ2) is 9.17. The number of hydrogen-bond donors (Lipinski definition) is 1. The second-order valence-electron chi connectivity index (χ2n) is 7.86. The van der Waals surface area contributed by atoms with E-state index in [0.717, 1.165) is 27.5 Å². The second-order valence-corrected chi connectivity index (χ2v) is 9.15. The van der Waals surface area contributed by atoms with Crippen LogP contribution in [0.4, 0.5) is 11.4 Å². The lowest BCUT2D eigenvalue weighted by Crippen LogP contribution is -2.28. The van der Waals surface area contributed by atoms with Crippen molar-refractivity contribution in [2.24, 2.45) is 5.92 Å². The summed E-state index contributed by atoms with van der Waals surface area (Å²) in [6.07, 6.45) is 0.181. The van der Waals surface area contributed by atoms with Gasteiger partial charge in [0.2, 0.25) is 11.8 Å². The van der Waals surface area contributed by atoms with Gasteiger partial charge in [-0.05, 0) is 36.4 Å². The van der Waals surface area contributed by atoms with Crippen LogP contribution in [0.1, 0.15) is 6.42 Å². The molecule has 1 N–H and O–H groups in total. The first-order chi connectivity index (χ1) is 16.1. The molecule has 4 aromatic rings. The molecule has 1 aromatic heterocycles. The van der Waals surface area contributed by atoms with E-state index in [1.54, 1.807) is 40.5 Å². The van der Waals surface area contributed by atoms with Gasteiger partial charge in [-0.3, -0.25) is 9.59 Å². The molecule has 0 radical (unpaired) electrons. The molecule has 33 heavy (non-hydrogen) atoms. The first kappa shape index (κ1) is 21.4. The van der Waals surface area contributed by atoms with E-state index in [1.807, 2.05) is 60.0 Å². The third-order valence-electron chi connectivity index (χ3n) is 5.58. The Kier molecular flexibility index (Phi) is 5.94. The lowest BCUT2D eigenvalue weighted by Gasteiger charge is -2.17. The number of rotatable bonds is 5. The number of thiazole rings is 1. The number of carbonyl (C=O) groups excluding carboxylic acids is 2. The number of aromatic nitrogens is 1. The first-order valence-corrected chi connectivity index (χ1v) is 11.8. The average molecular weight is 474 g/mol. The Morgan fingerprint density at radius 2 is 1.76 bits per heavy atom. The Balaban J connectivity index is 1.28. The van der Waals surface area contributed by atoms with Gasteiger partial charge < -0.3 is 10.2 Å². The topological polar surface area (TPSA) is 62.3 Å². The van der Waals surface area contributed by atoms with Crippen LogP contribution in [0.15, 0.2) is 84.2 Å². The standard InChI is InChI=1S/C26H20ClN3O2S/c27-20-9-11-22(12-10-20)30-15-19(14-24(30)31)25(32)28-21-8-4-7-18(13-21)23-16-33-26(29-23)17-5-2-1-3-6-17/h1-13,16,19H,14-15H2,(H,28,32). The van der Waals surface area contributed by atoms with Gasteiger partial charge in [-0.25, -0.2) is 4.98 Å². The summed E-state index contributed by atoms with van der Waals surface area (Å²) in [6.45, 7) is 0.346. The van der Waals surface area contributed by atoms with Crippen LogP contribution in [-0.4, -0.2) is 23.3 Å². The maximum absolute atomic E-state index is 12.9. The van der Waals surface area contributed by atoms with Crippen LogP contribution >= 0.6 is 22.9 Å². The number of hydrogen-bond acceptors (Lipinski definition) is 4. The van der Waals surface area contributed by atoms with Gasteiger partial charge in [0.05, 0.1) is 11.6 Å². The van der Waals surface area contributed by atoms with E-state index in [0.29, 0.717) is 17.3 Å². The van der Waals surface area contributed by atoms with Crippen LogP contribution < -0.4 is 10.2 Å². The van der Waals surface area contributed by atoms with Crippen molar-refractivity contribution in [3.05, 3.63) is 89.3 Å². The zero-order valence-corrected chi connectivity index (χ0v) is 19.1. The lowest BCUT2D eigenvalue weighted by molar-refractivity contribution is -0.122. The summed E-state index contributed by atoms with van der Waals surface area (Å²) in [7, 11) is 0. The Hall–Kier alpha value is -3.48. The van der Waals surface area contributed by atoms with Crippen LogP contribution in [0, 0.1) is 5.92 Å². The van der Waals surface area contributed by atoms with Gasteiger partial charge in [0.1, 0.15) is 5.01 Å². The van der Waals surface area contributed by atoms with E-state index in [1.165, 1.54) is 0 Å². The molecule has 1 fully saturated rings. The number of nitrogens with zero attached hydrogens (tertiary/aromatic N) is 2. The van der Waals surface area contributed by atoms with Crippen molar-refractivity contribution in [3.8, 4) is 21.8 Å². The van der Waals surface area contributed by atoms with Crippen molar-refractivity contribution in [2.75, 3.05) is 16.8 Å². The Morgan fingerprint density at radius 1 is 1.00 bits per heavy atom. The molecule has 5 nitrogen and oxygen atoms in total. The molecular formula is C26H20ClN3O2S. The molecule has 2 heterocycles. The number of anilines is 2. The first-order valence-electron chi connectivity index (χ1n) is 10.5. The molecule has 164 valence electrons. The van der Waals surface area contributed by atoms with E-state index in [-0.39, 0.29) is 18.2 Å². The molecule has 1 atom stereocenters. The molecule has 1 aliphatic heterocycles. The predicted molar refractivity (Wildman–Crippen MR) is 134 cm³/mol. The lowest BCUT2D eigenvalue weighted by atomic mass is 10.1. The summed E-state index contributed by atoms with van der Waals surface area (Å²) >= 11 is 7.53. The molecule has 3 aromatic carbocycles. The summed E-state index contributed by atoms with van der Waals surface area (Å²) in [4.78, 5) is 31.8. The maximum Gasteiger partial charge on any atom is 0.229 e. The number of benzene rings is 3. The molecule has 2 amide bonds. The molecule has 0 saturated carbocycles. The highest BCUT2D eigenvalue weighted by Crippen LogP contribution is 2.31. The van der Waals surface area contributed by atoms with Gasteiger partial charge in [-0.2, -0.15) is 0 Å². The van der Waals surface area contributed by atoms with E-state index in [4.69, 9.17) is 16.6 Å². The summed E-state index contributed by atoms with van der Waals surface area (Å²) in [6, 6.07) is 24.7. The van der Waals surface area contributed by atoms with Crippen LogP contribution in [0.25, 0.3) is 21.8 Å². The van der Waals surface area contributed by atoms with Crippen LogP contribution in [0.3, 0.4) is 0 Å². The molecule has 1 aliphatic rings. The van der Waals surface area contributed by atoms with E-state index < -0.39 is 5.92 Å². The minimum Gasteiger partial charge on any atom is -0.326 e. The van der Waals surface area contributed by atoms with E-state index in [9.17, 15) is 9.59 Å². The summed E-state index contributed by atoms with van der Waals surface area (Å²) in [5.74, 6) is -0.650. The van der Waals surface area contributed by atoms with Gasteiger partial charge in [0.15, 0.2) is 0 Å². The minimum atomic E-state index is -0.416. The highest BCUT2D eigenvalue weighted by molar-refractivity contribution is 7.13. The molecule has 0 aliphatic carbocycles. The smallest absolute Gasteiger partial charge is 0.229 e. The monoisotopic (exact) mass is 473 g/mol. The van der Waals surface area contributed by atoms with Crippen LogP contribution in [-0.2, 0) is 9.59 Å². The van der Waals surface area contributed by atoms with Gasteiger partial charge in [0, 0.05) is 45.9 Å². The van der Waals surface area contributed by atoms with Crippen molar-refractivity contribution in [1.82, 2.24) is 4.98 Å². The third kappa shape index (κ3) is 4.67. The Labute approximate surface area is 200 Å². The zero-order chi connectivity index (χ0) is 22.8. The van der Waals surface area contributed by atoms with Crippen molar-refractivity contribution in [3.63, 3.8) is 0 Å². The highest BCUT2D eigenvalue weighted by atomic mass is 35.5. The number of amides is 2. The summed E-state index contributed by atoms with van der Waals surface area (Å²) < 4.78 is 0. The molecule has 5 rings (SSSR count). The normalized spacial score (nSPS) is 15.6. The van der Waals surface area contributed by atoms with Crippen molar-refractivity contribution in [2.45, 2.75) is 6.42 Å². The minimum absolute atomic E-state index is 0.0675. The number of carbonyl (C=O) groups is 2. The van der Waals surface area contributed by atoms with Gasteiger partial charge in [-0.1, -0.05) is 54.1 Å². The number of nitrogens with one attached hydrogen (secondary N) is 1. The molecular weight excluding hydrogens is 454 g/mol. The SMILES string of the molecule is O=C(Nc1cccc(-c2csc(-c3ccccc3)n2)c1)C1CC(=O)N(c2ccc(Cl)cc2)C1. The molecule has 7 heteroatoms. The van der Waals surface area contributed by atoms with E-state index in [2.05, 4.69) is 5.32 Å². The Bertz CT molecular complexity index is 1300. The van der Waals surface area contributed by atoms with Crippen LogP contribution in [0.2, 0.25) is 5.02 Å². The summed E-state index contributed by atoms with van der Waals surface area (Å²) in [5, 5.41) is 6.55. The molecule has 0 bridgehead atoms. The third-order valence-corrected chi connectivity index (χ3v) is 6.73. The fourth-order valence-electron chi connectivity index (χ4n) is 3.87. The number of halogens is 1. The van der Waals surface area contributed by atoms with Gasteiger partial charge in [-0.15, -0.1) is 11.3 Å². The van der Waals surface area contributed by atoms with Crippen molar-refractivity contribution < 1.29 is 9.59 Å². The fraction of sp³-hybridized carbons (Fsp3) is 0.115. The van der Waals surface area contributed by atoms with Crippen molar-refractivity contribution in [1.29, 1.82) is 0 Å². The van der Waals surface area contributed by atoms with Crippen molar-refractivity contribution >= 4 is 46.1 Å². The fourth-order valence-corrected chi connectivity index (χ4v) is 4.84. The van der Waals surface area contributed by atoms with Gasteiger partial charge in [0.25, 0.3) is 0 Å². The Morgan fingerprint density at radius 3 is 2.55 bits per heavy atom.